The summed E-state index contributed by atoms with van der Waals surface area (Å²) >= 11 is 0. The average Bonchev–Trinajstić information content (AvgIpc) is 1.89. The molecule has 0 saturated carbocycles. The summed E-state index contributed by atoms with van der Waals surface area (Å²) in [6.45, 7) is 5.06. The molecule has 0 bridgehead atoms. The normalized spacial score (nSPS) is 7.56. The van der Waals surface area contributed by atoms with Crippen LogP contribution in [0.4, 0.5) is 4.39 Å². The van der Waals surface area contributed by atoms with Gasteiger partial charge in [0.1, 0.15) is 5.78 Å². The first-order chi connectivity index (χ1) is 4.18. The van der Waals surface area contributed by atoms with Gasteiger partial charge in [-0.3, -0.25) is 4.39 Å². The summed E-state index contributed by atoms with van der Waals surface area (Å²) in [4.78, 5) is 9.81. The van der Waals surface area contributed by atoms with Gasteiger partial charge in [-0.25, -0.2) is 0 Å². The predicted molar refractivity (Wildman–Crippen MR) is 37.2 cm³/mol. The van der Waals surface area contributed by atoms with Crippen LogP contribution in [0.25, 0.3) is 0 Å². The lowest BCUT2D eigenvalue weighted by Gasteiger charge is -1.71. The molecule has 1 nitrogen and oxygen atoms in total. The van der Waals surface area contributed by atoms with Gasteiger partial charge in [-0.2, -0.15) is 0 Å². The van der Waals surface area contributed by atoms with Crippen LogP contribution in [0, 0.1) is 0 Å². The van der Waals surface area contributed by atoms with Crippen LogP contribution in [0.5, 0.6) is 0 Å². The fourth-order valence-corrected chi connectivity index (χ4v) is 0. The molecule has 0 radical (unpaired) electrons. The number of Topliss-reactive ketones (excluding diaryl/α,β-unsaturated/α-hetero) is 1. The highest BCUT2D eigenvalue weighted by molar-refractivity contribution is 5.74. The standard InChI is InChI=1S/C4H8O.C3H7F/c1-3-4(2)5;1-2-3-4/h3H2,1-2H3;2-3H2,1H3. The molecule has 56 valence electrons. The minimum absolute atomic E-state index is 0.181. The van der Waals surface area contributed by atoms with Crippen LogP contribution in [-0.2, 0) is 4.79 Å². The Morgan fingerprint density at radius 1 is 1.44 bits per heavy atom. The summed E-state index contributed by atoms with van der Waals surface area (Å²) in [5, 5.41) is 0. The fraction of sp³-hybridized carbons (Fsp3) is 0.857. The number of rotatable bonds is 2. The van der Waals surface area contributed by atoms with Crippen molar-refractivity contribution in [2.75, 3.05) is 6.67 Å². The molecule has 0 spiro atoms. The molecular weight excluding hydrogens is 119 g/mol. The zero-order chi connectivity index (χ0) is 7.70. The second kappa shape index (κ2) is 10.6. The van der Waals surface area contributed by atoms with Crippen molar-refractivity contribution in [3.8, 4) is 0 Å². The van der Waals surface area contributed by atoms with E-state index < -0.39 is 0 Å². The summed E-state index contributed by atoms with van der Waals surface area (Å²) in [5.41, 5.74) is 0. The largest absolute Gasteiger partial charge is 0.300 e. The van der Waals surface area contributed by atoms with Gasteiger partial charge in [-0.05, 0) is 13.3 Å². The molecule has 2 heteroatoms. The van der Waals surface area contributed by atoms with Crippen molar-refractivity contribution in [1.29, 1.82) is 0 Å². The Kier molecular flexibility index (Phi) is 13.4. The molecule has 0 saturated heterocycles. The third kappa shape index (κ3) is 35.3. The molecule has 0 amide bonds. The van der Waals surface area contributed by atoms with E-state index in [1.165, 1.54) is 0 Å². The number of hydrogen-bond acceptors (Lipinski definition) is 1. The lowest BCUT2D eigenvalue weighted by atomic mass is 10.4. The van der Waals surface area contributed by atoms with Gasteiger partial charge < -0.3 is 4.79 Å². The highest BCUT2D eigenvalue weighted by Crippen LogP contribution is 1.71. The van der Waals surface area contributed by atoms with Gasteiger partial charge in [0.2, 0.25) is 0 Å². The molecule has 0 heterocycles. The molecule has 0 rings (SSSR count). The first-order valence-corrected chi connectivity index (χ1v) is 3.24. The third-order valence-electron chi connectivity index (χ3n) is 0.687. The van der Waals surface area contributed by atoms with E-state index in [-0.39, 0.29) is 12.5 Å². The summed E-state index contributed by atoms with van der Waals surface area (Å²) in [7, 11) is 0. The lowest BCUT2D eigenvalue weighted by molar-refractivity contribution is -0.116. The molecule has 0 unspecified atom stereocenters. The zero-order valence-corrected chi connectivity index (χ0v) is 6.41. The lowest BCUT2D eigenvalue weighted by Crippen LogP contribution is -1.80. The Balaban J connectivity index is 0. The van der Waals surface area contributed by atoms with Crippen molar-refractivity contribution < 1.29 is 9.18 Å². The second-order valence-electron chi connectivity index (χ2n) is 1.74. The van der Waals surface area contributed by atoms with E-state index >= 15 is 0 Å². The first kappa shape index (κ1) is 11.4. The minimum atomic E-state index is -0.181. The SMILES string of the molecule is CCC(C)=O.CCCF. The van der Waals surface area contributed by atoms with E-state index in [0.29, 0.717) is 12.8 Å². The summed E-state index contributed by atoms with van der Waals surface area (Å²) in [5.74, 6) is 0.255. The second-order valence-corrected chi connectivity index (χ2v) is 1.74. The van der Waals surface area contributed by atoms with Crippen molar-refractivity contribution in [1.82, 2.24) is 0 Å². The van der Waals surface area contributed by atoms with E-state index in [1.807, 2.05) is 6.92 Å². The van der Waals surface area contributed by atoms with Crippen molar-refractivity contribution >= 4 is 5.78 Å². The van der Waals surface area contributed by atoms with E-state index in [2.05, 4.69) is 0 Å². The molecule has 0 N–H and O–H groups in total. The van der Waals surface area contributed by atoms with Crippen molar-refractivity contribution in [3.63, 3.8) is 0 Å². The van der Waals surface area contributed by atoms with Crippen LogP contribution in [0.1, 0.15) is 33.6 Å². The smallest absolute Gasteiger partial charge is 0.129 e. The van der Waals surface area contributed by atoms with Gasteiger partial charge >= 0.3 is 0 Å². The van der Waals surface area contributed by atoms with Crippen LogP contribution in [0.2, 0.25) is 0 Å². The summed E-state index contributed by atoms with van der Waals surface area (Å²) < 4.78 is 10.7. The van der Waals surface area contributed by atoms with E-state index in [9.17, 15) is 9.18 Å². The van der Waals surface area contributed by atoms with Gasteiger partial charge in [0.05, 0.1) is 6.67 Å². The van der Waals surface area contributed by atoms with Gasteiger partial charge in [-0.15, -0.1) is 0 Å². The van der Waals surface area contributed by atoms with Gasteiger partial charge in [0, 0.05) is 6.42 Å². The van der Waals surface area contributed by atoms with Crippen molar-refractivity contribution in [2.24, 2.45) is 0 Å². The molecule has 0 atom stereocenters. The molecule has 0 aromatic rings. The number of alkyl halides is 1. The summed E-state index contributed by atoms with van der Waals surface area (Å²) in [6.07, 6.45) is 1.32. The van der Waals surface area contributed by atoms with E-state index in [0.717, 1.165) is 0 Å². The van der Waals surface area contributed by atoms with Crippen molar-refractivity contribution in [3.05, 3.63) is 0 Å². The van der Waals surface area contributed by atoms with Crippen LogP contribution in [-0.4, -0.2) is 12.5 Å². The van der Waals surface area contributed by atoms with Gasteiger partial charge in [0.25, 0.3) is 0 Å². The van der Waals surface area contributed by atoms with Crippen LogP contribution >= 0.6 is 0 Å². The van der Waals surface area contributed by atoms with Crippen LogP contribution < -0.4 is 0 Å². The fourth-order valence-electron chi connectivity index (χ4n) is 0. The summed E-state index contributed by atoms with van der Waals surface area (Å²) in [6, 6.07) is 0. The van der Waals surface area contributed by atoms with Crippen LogP contribution in [0.15, 0.2) is 0 Å². The maximum atomic E-state index is 10.7. The maximum Gasteiger partial charge on any atom is 0.129 e. The molecule has 0 aliphatic heterocycles. The van der Waals surface area contributed by atoms with E-state index in [4.69, 9.17) is 0 Å². The monoisotopic (exact) mass is 134 g/mol. The third-order valence-corrected chi connectivity index (χ3v) is 0.687. The Hall–Kier alpha value is -0.400. The molecule has 9 heavy (non-hydrogen) atoms. The maximum absolute atomic E-state index is 10.7. The molecule has 0 aromatic heterocycles. The molecule has 0 aromatic carbocycles. The Morgan fingerprint density at radius 2 is 1.67 bits per heavy atom. The molecule has 0 aliphatic rings. The molecular formula is C7H15FO. The van der Waals surface area contributed by atoms with Gasteiger partial charge in [0.15, 0.2) is 0 Å². The molecule has 0 aliphatic carbocycles. The number of carbonyl (C=O) groups excluding carboxylic acids is 1. The average molecular weight is 134 g/mol. The Bertz CT molecular complexity index is 59.9. The zero-order valence-electron chi connectivity index (χ0n) is 6.41. The quantitative estimate of drug-likeness (QED) is 0.566. The number of carbonyl (C=O) groups is 1. The Labute approximate surface area is 56.3 Å². The van der Waals surface area contributed by atoms with Crippen molar-refractivity contribution in [2.45, 2.75) is 33.6 Å². The molecule has 0 fully saturated rings. The van der Waals surface area contributed by atoms with Crippen LogP contribution in [0.3, 0.4) is 0 Å². The predicted octanol–water partition coefficient (Wildman–Crippen LogP) is 2.35. The highest BCUT2D eigenvalue weighted by atomic mass is 19.1. The number of hydrogen-bond donors (Lipinski definition) is 0. The van der Waals surface area contributed by atoms with Gasteiger partial charge in [-0.1, -0.05) is 13.8 Å². The Morgan fingerprint density at radius 3 is 1.67 bits per heavy atom. The van der Waals surface area contributed by atoms with E-state index in [1.54, 1.807) is 13.8 Å². The first-order valence-electron chi connectivity index (χ1n) is 3.24. The highest BCUT2D eigenvalue weighted by Gasteiger charge is 1.76. The minimum Gasteiger partial charge on any atom is -0.300 e. The number of ketones is 1. The topological polar surface area (TPSA) is 17.1 Å². The number of halogens is 1.